The zero-order valence-electron chi connectivity index (χ0n) is 10.0. The molecule has 0 spiro atoms. The minimum Gasteiger partial charge on any atom is -0.383 e. The summed E-state index contributed by atoms with van der Waals surface area (Å²) in [4.78, 5) is 4.22. The molecule has 1 heterocycles. The van der Waals surface area contributed by atoms with E-state index in [-0.39, 0.29) is 0 Å². The third-order valence-corrected chi connectivity index (χ3v) is 2.54. The molecule has 0 unspecified atom stereocenters. The van der Waals surface area contributed by atoms with Crippen molar-refractivity contribution in [1.29, 1.82) is 0 Å². The van der Waals surface area contributed by atoms with Gasteiger partial charge < -0.3 is 14.6 Å². The van der Waals surface area contributed by atoms with Crippen LogP contribution in [0.1, 0.15) is 11.4 Å². The third-order valence-electron chi connectivity index (χ3n) is 2.30. The van der Waals surface area contributed by atoms with Crippen molar-refractivity contribution >= 4 is 17.6 Å². The predicted octanol–water partition coefficient (Wildman–Crippen LogP) is 2.37. The van der Waals surface area contributed by atoms with E-state index in [9.17, 15) is 0 Å². The monoisotopic (exact) mass is 267 g/mol. The van der Waals surface area contributed by atoms with Gasteiger partial charge in [-0.15, -0.1) is 0 Å². The van der Waals surface area contributed by atoms with Gasteiger partial charge >= 0.3 is 6.01 Å². The van der Waals surface area contributed by atoms with E-state index in [4.69, 9.17) is 20.9 Å². The van der Waals surface area contributed by atoms with Crippen LogP contribution in [0.25, 0.3) is 0 Å². The Labute approximate surface area is 110 Å². The van der Waals surface area contributed by atoms with Crippen molar-refractivity contribution in [2.24, 2.45) is 0 Å². The van der Waals surface area contributed by atoms with E-state index in [0.29, 0.717) is 36.4 Å². The second-order valence-corrected chi connectivity index (χ2v) is 4.18. The highest BCUT2D eigenvalue weighted by atomic mass is 35.5. The normalized spacial score (nSPS) is 10.6. The van der Waals surface area contributed by atoms with Gasteiger partial charge in [0, 0.05) is 25.1 Å². The van der Waals surface area contributed by atoms with Crippen LogP contribution in [0.15, 0.2) is 28.8 Å². The number of nitrogens with zero attached hydrogens (tertiary/aromatic N) is 2. The molecule has 2 rings (SSSR count). The summed E-state index contributed by atoms with van der Waals surface area (Å²) < 4.78 is 9.97. The fourth-order valence-corrected chi connectivity index (χ4v) is 1.70. The van der Waals surface area contributed by atoms with Gasteiger partial charge in [-0.1, -0.05) is 28.9 Å². The number of methoxy groups -OCH3 is 1. The molecule has 6 heteroatoms. The number of anilines is 1. The second kappa shape index (κ2) is 6.37. The molecular formula is C12H14ClN3O2. The van der Waals surface area contributed by atoms with Crippen LogP contribution in [0, 0.1) is 0 Å². The summed E-state index contributed by atoms with van der Waals surface area (Å²) in [5.74, 6) is 0.622. The number of hydrogen-bond donors (Lipinski definition) is 1. The summed E-state index contributed by atoms with van der Waals surface area (Å²) in [6.45, 7) is 1.22. The van der Waals surface area contributed by atoms with E-state index in [1.165, 1.54) is 0 Å². The smallest absolute Gasteiger partial charge is 0.321 e. The first-order valence-corrected chi connectivity index (χ1v) is 5.95. The number of ether oxygens (including phenoxy) is 1. The number of nitrogens with one attached hydrogen (secondary N) is 1. The molecule has 0 aliphatic rings. The summed E-state index contributed by atoms with van der Waals surface area (Å²) in [6, 6.07) is 7.99. The zero-order chi connectivity index (χ0) is 12.8. The van der Waals surface area contributed by atoms with Gasteiger partial charge in [0.15, 0.2) is 5.82 Å². The Hall–Kier alpha value is -1.59. The van der Waals surface area contributed by atoms with E-state index >= 15 is 0 Å². The van der Waals surface area contributed by atoms with Gasteiger partial charge in [0.25, 0.3) is 0 Å². The van der Waals surface area contributed by atoms with Crippen LogP contribution in [0.2, 0.25) is 5.02 Å². The van der Waals surface area contributed by atoms with E-state index in [0.717, 1.165) is 5.56 Å². The van der Waals surface area contributed by atoms with Crippen LogP contribution >= 0.6 is 11.6 Å². The van der Waals surface area contributed by atoms with Crippen molar-refractivity contribution in [3.8, 4) is 0 Å². The average molecular weight is 268 g/mol. The van der Waals surface area contributed by atoms with Crippen molar-refractivity contribution in [2.45, 2.75) is 6.42 Å². The summed E-state index contributed by atoms with van der Waals surface area (Å²) in [6.07, 6.45) is 0.593. The topological polar surface area (TPSA) is 60.2 Å². The first-order chi connectivity index (χ1) is 8.78. The lowest BCUT2D eigenvalue weighted by Crippen LogP contribution is -2.07. The molecule has 2 aromatic rings. The summed E-state index contributed by atoms with van der Waals surface area (Å²) >= 11 is 5.91. The summed E-state index contributed by atoms with van der Waals surface area (Å²) in [5.41, 5.74) is 1.05. The molecule has 0 saturated carbocycles. The fraction of sp³-hybridized carbons (Fsp3) is 0.333. The SMILES string of the molecule is COCCNc1nc(Cc2cccc(Cl)c2)no1. The lowest BCUT2D eigenvalue weighted by atomic mass is 10.1. The second-order valence-electron chi connectivity index (χ2n) is 3.74. The van der Waals surface area contributed by atoms with Crippen LogP contribution in [0.4, 0.5) is 6.01 Å². The molecular weight excluding hydrogens is 254 g/mol. The van der Waals surface area contributed by atoms with Gasteiger partial charge in [-0.05, 0) is 17.7 Å². The van der Waals surface area contributed by atoms with Gasteiger partial charge in [0.2, 0.25) is 0 Å². The molecule has 0 amide bonds. The molecule has 1 aromatic carbocycles. The van der Waals surface area contributed by atoms with E-state index < -0.39 is 0 Å². The quantitative estimate of drug-likeness (QED) is 0.814. The highest BCUT2D eigenvalue weighted by Crippen LogP contribution is 2.14. The zero-order valence-corrected chi connectivity index (χ0v) is 10.8. The molecule has 0 bridgehead atoms. The van der Waals surface area contributed by atoms with Crippen LogP contribution in [0.3, 0.4) is 0 Å². The lowest BCUT2D eigenvalue weighted by Gasteiger charge is -1.98. The molecule has 0 aliphatic carbocycles. The van der Waals surface area contributed by atoms with E-state index in [1.807, 2.05) is 24.3 Å². The maximum atomic E-state index is 5.91. The standard InChI is InChI=1S/C12H14ClN3O2/c1-17-6-5-14-12-15-11(16-18-12)8-9-3-2-4-10(13)7-9/h2-4,7H,5-6,8H2,1H3,(H,14,15,16). The maximum absolute atomic E-state index is 5.91. The summed E-state index contributed by atoms with van der Waals surface area (Å²) in [7, 11) is 1.64. The molecule has 1 N–H and O–H groups in total. The Bertz CT molecular complexity index is 502. The lowest BCUT2D eigenvalue weighted by molar-refractivity contribution is 0.210. The highest BCUT2D eigenvalue weighted by molar-refractivity contribution is 6.30. The number of aromatic nitrogens is 2. The van der Waals surface area contributed by atoms with Crippen molar-refractivity contribution < 1.29 is 9.26 Å². The van der Waals surface area contributed by atoms with Gasteiger partial charge in [0.1, 0.15) is 0 Å². The molecule has 5 nitrogen and oxygen atoms in total. The molecule has 96 valence electrons. The highest BCUT2D eigenvalue weighted by Gasteiger charge is 2.06. The Kier molecular flexibility index (Phi) is 4.55. The predicted molar refractivity (Wildman–Crippen MR) is 68.9 cm³/mol. The van der Waals surface area contributed by atoms with E-state index in [1.54, 1.807) is 7.11 Å². The maximum Gasteiger partial charge on any atom is 0.321 e. The molecule has 0 aliphatic heterocycles. The average Bonchev–Trinajstić information content (AvgIpc) is 2.77. The number of halogens is 1. The van der Waals surface area contributed by atoms with Crippen LogP contribution in [0.5, 0.6) is 0 Å². The summed E-state index contributed by atoms with van der Waals surface area (Å²) in [5, 5.41) is 7.56. The molecule has 0 fully saturated rings. The van der Waals surface area contributed by atoms with Crippen LogP contribution in [-0.4, -0.2) is 30.4 Å². The first kappa shape index (κ1) is 12.9. The minimum atomic E-state index is 0.407. The van der Waals surface area contributed by atoms with Crippen LogP contribution < -0.4 is 5.32 Å². The number of benzene rings is 1. The van der Waals surface area contributed by atoms with Gasteiger partial charge in [-0.2, -0.15) is 4.98 Å². The van der Waals surface area contributed by atoms with Crippen LogP contribution in [-0.2, 0) is 11.2 Å². The molecule has 0 saturated heterocycles. The number of rotatable bonds is 6. The fourth-order valence-electron chi connectivity index (χ4n) is 1.49. The minimum absolute atomic E-state index is 0.407. The third kappa shape index (κ3) is 3.72. The van der Waals surface area contributed by atoms with Crippen molar-refractivity contribution in [3.63, 3.8) is 0 Å². The molecule has 0 atom stereocenters. The van der Waals surface area contributed by atoms with Crippen molar-refractivity contribution in [1.82, 2.24) is 10.1 Å². The molecule has 18 heavy (non-hydrogen) atoms. The molecule has 1 aromatic heterocycles. The Morgan fingerprint density at radius 3 is 3.11 bits per heavy atom. The largest absolute Gasteiger partial charge is 0.383 e. The van der Waals surface area contributed by atoms with Gasteiger partial charge in [0.05, 0.1) is 6.61 Å². The van der Waals surface area contributed by atoms with Crippen molar-refractivity contribution in [2.75, 3.05) is 25.6 Å². The van der Waals surface area contributed by atoms with Gasteiger partial charge in [-0.25, -0.2) is 0 Å². The molecule has 0 radical (unpaired) electrons. The Morgan fingerprint density at radius 2 is 2.33 bits per heavy atom. The van der Waals surface area contributed by atoms with Gasteiger partial charge in [-0.3, -0.25) is 0 Å². The van der Waals surface area contributed by atoms with Crippen molar-refractivity contribution in [3.05, 3.63) is 40.7 Å². The number of hydrogen-bond acceptors (Lipinski definition) is 5. The van der Waals surface area contributed by atoms with E-state index in [2.05, 4.69) is 15.5 Å². The Morgan fingerprint density at radius 1 is 1.44 bits per heavy atom. The Balaban J connectivity index is 1.94. The first-order valence-electron chi connectivity index (χ1n) is 5.58.